The molecule has 0 saturated carbocycles. The number of rotatable bonds is 7. The summed E-state index contributed by atoms with van der Waals surface area (Å²) in [6.45, 7) is 2.69. The molecule has 4 aromatic rings. The molecule has 4 rings (SSSR count). The molecule has 0 aliphatic heterocycles. The van der Waals surface area contributed by atoms with E-state index in [1.165, 1.54) is 4.68 Å². The van der Waals surface area contributed by atoms with Crippen molar-refractivity contribution >= 4 is 51.7 Å². The monoisotopic (exact) mass is 434 g/mol. The number of benzene rings is 2. The minimum Gasteiger partial charge on any atom is -0.383 e. The fourth-order valence-electron chi connectivity index (χ4n) is 3.36. The van der Waals surface area contributed by atoms with Crippen LogP contribution in [0.2, 0.25) is 5.02 Å². The van der Waals surface area contributed by atoms with Crippen molar-refractivity contribution in [3.8, 4) is 0 Å². The third-order valence-electron chi connectivity index (χ3n) is 4.94. The van der Waals surface area contributed by atoms with Crippen LogP contribution in [0.3, 0.4) is 0 Å². The first-order valence-electron chi connectivity index (χ1n) is 10.2. The lowest BCUT2D eigenvalue weighted by Crippen LogP contribution is -2.25. The van der Waals surface area contributed by atoms with Crippen molar-refractivity contribution in [2.24, 2.45) is 5.10 Å². The van der Waals surface area contributed by atoms with Gasteiger partial charge >= 0.3 is 0 Å². The number of carbonyl (C=O) groups excluding carboxylic acids is 1. The molecule has 0 atom stereocenters. The smallest absolute Gasteiger partial charge is 0.257 e. The summed E-state index contributed by atoms with van der Waals surface area (Å²) >= 11 is 6.07. The summed E-state index contributed by atoms with van der Waals surface area (Å²) in [7, 11) is 0. The first kappa shape index (κ1) is 20.8. The highest BCUT2D eigenvalue weighted by molar-refractivity contribution is 6.30. The summed E-state index contributed by atoms with van der Waals surface area (Å²) < 4.78 is 1.45. The molecule has 2 aromatic carbocycles. The Hall–Kier alpha value is -3.45. The Morgan fingerprint density at radius 3 is 2.68 bits per heavy atom. The summed E-state index contributed by atoms with van der Waals surface area (Å²) in [5.41, 5.74) is 9.70. The Bertz CT molecular complexity index is 1280. The predicted molar refractivity (Wildman–Crippen MR) is 126 cm³/mol. The number of hydrogen-bond donors (Lipinski definition) is 2. The van der Waals surface area contributed by atoms with Crippen LogP contribution in [0.4, 0.5) is 5.82 Å². The molecule has 2 aromatic heterocycles. The number of halogens is 1. The molecule has 0 unspecified atom stereocenters. The fraction of sp³-hybridized carbons (Fsp3) is 0.217. The number of para-hydroxylation sites is 2. The molecule has 7 nitrogen and oxygen atoms in total. The summed E-state index contributed by atoms with van der Waals surface area (Å²) in [5.74, 6) is -0.0866. The van der Waals surface area contributed by atoms with E-state index in [4.69, 9.17) is 17.3 Å². The van der Waals surface area contributed by atoms with E-state index >= 15 is 0 Å². The zero-order valence-electron chi connectivity index (χ0n) is 17.2. The van der Waals surface area contributed by atoms with Crippen LogP contribution in [0.25, 0.3) is 22.2 Å². The van der Waals surface area contributed by atoms with Crippen LogP contribution in [-0.4, -0.2) is 33.3 Å². The summed E-state index contributed by atoms with van der Waals surface area (Å²) in [6, 6.07) is 14.8. The maximum absolute atomic E-state index is 13.0. The molecular formula is C23H23ClN6O. The second kappa shape index (κ2) is 9.14. The molecule has 0 spiro atoms. The van der Waals surface area contributed by atoms with Gasteiger partial charge in [-0.05, 0) is 36.2 Å². The van der Waals surface area contributed by atoms with Gasteiger partial charge in [-0.15, -0.1) is 0 Å². The van der Waals surface area contributed by atoms with Crippen molar-refractivity contribution in [2.75, 3.05) is 12.3 Å². The number of nitrogens with two attached hydrogens (primary N) is 1. The van der Waals surface area contributed by atoms with E-state index in [0.29, 0.717) is 33.8 Å². The van der Waals surface area contributed by atoms with E-state index in [2.05, 4.69) is 27.3 Å². The molecule has 158 valence electrons. The van der Waals surface area contributed by atoms with E-state index in [0.717, 1.165) is 24.8 Å². The lowest BCUT2D eigenvalue weighted by molar-refractivity contribution is 0.0955. The highest BCUT2D eigenvalue weighted by Gasteiger charge is 2.23. The van der Waals surface area contributed by atoms with Gasteiger partial charge in [0.2, 0.25) is 0 Å². The van der Waals surface area contributed by atoms with Gasteiger partial charge < -0.3 is 11.1 Å². The van der Waals surface area contributed by atoms with Crippen LogP contribution < -0.4 is 11.1 Å². The Morgan fingerprint density at radius 2 is 1.94 bits per heavy atom. The standard InChI is InChI=1S/C23H23ClN6O/c1-2-3-6-12-26-23(31)19-20-22(29-18-11-5-4-10-17(18)28-20)30(21(19)25)27-14-15-8-7-9-16(24)13-15/h4-5,7-11,13-14H,2-3,6,12,25H2,1H3,(H,26,31)/b27-14-. The van der Waals surface area contributed by atoms with E-state index < -0.39 is 0 Å². The average Bonchev–Trinajstić information content (AvgIpc) is 3.04. The number of nitrogens with one attached hydrogen (secondary N) is 1. The Kier molecular flexibility index (Phi) is 6.13. The van der Waals surface area contributed by atoms with Gasteiger partial charge in [0.25, 0.3) is 5.91 Å². The number of carbonyl (C=O) groups is 1. The summed E-state index contributed by atoms with van der Waals surface area (Å²) in [5, 5.41) is 8.03. The quantitative estimate of drug-likeness (QED) is 0.327. The van der Waals surface area contributed by atoms with Gasteiger partial charge in [0, 0.05) is 11.6 Å². The van der Waals surface area contributed by atoms with Crippen molar-refractivity contribution in [1.82, 2.24) is 20.0 Å². The fourth-order valence-corrected chi connectivity index (χ4v) is 3.56. The SMILES string of the molecule is CCCCCNC(=O)c1c(N)n(/N=C\c2cccc(Cl)c2)c2nc3ccccc3nc12. The number of unbranched alkanes of at least 4 members (excludes halogenated alkanes) is 2. The highest BCUT2D eigenvalue weighted by Crippen LogP contribution is 2.27. The van der Waals surface area contributed by atoms with Gasteiger partial charge in [0.1, 0.15) is 16.9 Å². The molecule has 31 heavy (non-hydrogen) atoms. The van der Waals surface area contributed by atoms with Gasteiger partial charge in [0.15, 0.2) is 5.65 Å². The normalized spacial score (nSPS) is 11.5. The van der Waals surface area contributed by atoms with Gasteiger partial charge in [-0.3, -0.25) is 4.79 Å². The molecule has 0 aliphatic rings. The second-order valence-electron chi connectivity index (χ2n) is 7.22. The number of aromatic nitrogens is 3. The summed E-state index contributed by atoms with van der Waals surface area (Å²) in [6.07, 6.45) is 4.66. The minimum absolute atomic E-state index is 0.191. The van der Waals surface area contributed by atoms with Crippen LogP contribution in [0, 0.1) is 0 Å². The Balaban J connectivity index is 1.81. The lowest BCUT2D eigenvalue weighted by Gasteiger charge is -2.05. The van der Waals surface area contributed by atoms with Crippen LogP contribution >= 0.6 is 11.6 Å². The number of amides is 1. The van der Waals surface area contributed by atoms with Gasteiger partial charge in [0.05, 0.1) is 17.2 Å². The molecule has 0 fully saturated rings. The molecule has 2 heterocycles. The molecule has 1 amide bonds. The molecule has 0 bridgehead atoms. The zero-order chi connectivity index (χ0) is 21.8. The predicted octanol–water partition coefficient (Wildman–Crippen LogP) is 4.62. The number of nitrogen functional groups attached to an aromatic ring is 1. The van der Waals surface area contributed by atoms with E-state index in [9.17, 15) is 4.79 Å². The molecule has 0 radical (unpaired) electrons. The molecular weight excluding hydrogens is 412 g/mol. The first-order chi connectivity index (χ1) is 15.1. The third-order valence-corrected chi connectivity index (χ3v) is 5.17. The average molecular weight is 435 g/mol. The van der Waals surface area contributed by atoms with E-state index in [1.54, 1.807) is 18.3 Å². The number of anilines is 1. The van der Waals surface area contributed by atoms with Crippen molar-refractivity contribution in [3.63, 3.8) is 0 Å². The van der Waals surface area contributed by atoms with Crippen molar-refractivity contribution in [2.45, 2.75) is 26.2 Å². The molecule has 3 N–H and O–H groups in total. The zero-order valence-corrected chi connectivity index (χ0v) is 17.9. The Morgan fingerprint density at radius 1 is 1.16 bits per heavy atom. The van der Waals surface area contributed by atoms with Gasteiger partial charge in [-0.1, -0.05) is 55.6 Å². The largest absolute Gasteiger partial charge is 0.383 e. The maximum Gasteiger partial charge on any atom is 0.257 e. The highest BCUT2D eigenvalue weighted by atomic mass is 35.5. The Labute approximate surface area is 184 Å². The molecule has 0 saturated heterocycles. The second-order valence-corrected chi connectivity index (χ2v) is 7.66. The van der Waals surface area contributed by atoms with Crippen LogP contribution in [0.1, 0.15) is 42.1 Å². The van der Waals surface area contributed by atoms with E-state index in [1.807, 2.05) is 36.4 Å². The van der Waals surface area contributed by atoms with Gasteiger partial charge in [-0.2, -0.15) is 9.78 Å². The van der Waals surface area contributed by atoms with Crippen LogP contribution in [0.5, 0.6) is 0 Å². The van der Waals surface area contributed by atoms with E-state index in [-0.39, 0.29) is 17.3 Å². The molecule has 8 heteroatoms. The number of nitrogens with zero attached hydrogens (tertiary/aromatic N) is 4. The lowest BCUT2D eigenvalue weighted by atomic mass is 10.2. The van der Waals surface area contributed by atoms with Crippen LogP contribution in [0.15, 0.2) is 53.6 Å². The van der Waals surface area contributed by atoms with Crippen LogP contribution in [-0.2, 0) is 0 Å². The maximum atomic E-state index is 13.0. The summed E-state index contributed by atoms with van der Waals surface area (Å²) in [4.78, 5) is 22.3. The van der Waals surface area contributed by atoms with Gasteiger partial charge in [-0.25, -0.2) is 9.97 Å². The number of fused-ring (bicyclic) bond motifs is 2. The third kappa shape index (κ3) is 4.36. The van der Waals surface area contributed by atoms with Crippen molar-refractivity contribution < 1.29 is 4.79 Å². The first-order valence-corrected chi connectivity index (χ1v) is 10.6. The minimum atomic E-state index is -0.278. The number of hydrogen-bond acceptors (Lipinski definition) is 5. The van der Waals surface area contributed by atoms with Crippen molar-refractivity contribution in [1.29, 1.82) is 0 Å². The van der Waals surface area contributed by atoms with Crippen molar-refractivity contribution in [3.05, 3.63) is 64.7 Å². The molecule has 0 aliphatic carbocycles. The topological polar surface area (TPSA) is 98.2 Å².